The molecule has 0 fully saturated rings. The first-order chi connectivity index (χ1) is 14.2. The van der Waals surface area contributed by atoms with E-state index in [0.717, 1.165) is 10.6 Å². The number of rotatable bonds is 6. The Morgan fingerprint density at radius 1 is 1.17 bits per heavy atom. The van der Waals surface area contributed by atoms with Gasteiger partial charge in [0.15, 0.2) is 0 Å². The Hall–Kier alpha value is -3.96. The Kier molecular flexibility index (Phi) is 5.31. The van der Waals surface area contributed by atoms with Gasteiger partial charge in [0.1, 0.15) is 22.4 Å². The standard InChI is InChI=1S/C21H15N5O2S/c22-13-16(19(27)23-14-18-9-5-11-28-18)12-17-8-4-10-26(17)21-25-24-20(29-21)15-6-2-1-3-7-15/h1-12H,14H2,(H,23,27)/b16-12+. The fourth-order valence-electron chi connectivity index (χ4n) is 2.67. The van der Waals surface area contributed by atoms with Crippen molar-refractivity contribution in [2.45, 2.75) is 6.54 Å². The normalized spacial score (nSPS) is 11.2. The first-order valence-corrected chi connectivity index (χ1v) is 9.55. The molecule has 0 saturated heterocycles. The monoisotopic (exact) mass is 401 g/mol. The second-order valence-electron chi connectivity index (χ2n) is 5.99. The van der Waals surface area contributed by atoms with E-state index in [1.165, 1.54) is 23.7 Å². The van der Waals surface area contributed by atoms with Crippen LogP contribution in [-0.4, -0.2) is 20.7 Å². The van der Waals surface area contributed by atoms with E-state index in [0.29, 0.717) is 16.6 Å². The molecule has 0 aliphatic carbocycles. The molecule has 3 aromatic heterocycles. The highest BCUT2D eigenvalue weighted by Gasteiger charge is 2.13. The highest BCUT2D eigenvalue weighted by atomic mass is 32.1. The Morgan fingerprint density at radius 2 is 2.03 bits per heavy atom. The largest absolute Gasteiger partial charge is 0.467 e. The summed E-state index contributed by atoms with van der Waals surface area (Å²) in [4.78, 5) is 12.4. The summed E-state index contributed by atoms with van der Waals surface area (Å²) in [6, 6.07) is 18.8. The third-order valence-corrected chi connectivity index (χ3v) is 5.05. The van der Waals surface area contributed by atoms with Crippen LogP contribution >= 0.6 is 11.3 Å². The fourth-order valence-corrected chi connectivity index (χ4v) is 3.52. The fraction of sp³-hybridized carbons (Fsp3) is 0.0476. The van der Waals surface area contributed by atoms with Crippen molar-refractivity contribution in [2.24, 2.45) is 0 Å². The van der Waals surface area contributed by atoms with Crippen molar-refractivity contribution < 1.29 is 9.21 Å². The van der Waals surface area contributed by atoms with Gasteiger partial charge in [0, 0.05) is 17.5 Å². The minimum atomic E-state index is -0.473. The third-order valence-electron chi connectivity index (χ3n) is 4.08. The van der Waals surface area contributed by atoms with Gasteiger partial charge in [-0.1, -0.05) is 41.7 Å². The predicted molar refractivity (Wildman–Crippen MR) is 109 cm³/mol. The van der Waals surface area contributed by atoms with E-state index in [1.807, 2.05) is 48.7 Å². The van der Waals surface area contributed by atoms with Crippen LogP contribution in [0.1, 0.15) is 11.5 Å². The molecule has 0 radical (unpaired) electrons. The van der Waals surface area contributed by atoms with Crippen LogP contribution in [0.15, 0.2) is 77.0 Å². The minimum Gasteiger partial charge on any atom is -0.467 e. The van der Waals surface area contributed by atoms with E-state index < -0.39 is 5.91 Å². The maximum atomic E-state index is 12.4. The number of amides is 1. The van der Waals surface area contributed by atoms with Gasteiger partial charge in [-0.15, -0.1) is 10.2 Å². The Bertz CT molecular complexity index is 1180. The summed E-state index contributed by atoms with van der Waals surface area (Å²) < 4.78 is 6.98. The Balaban J connectivity index is 1.56. The van der Waals surface area contributed by atoms with Crippen LogP contribution in [0, 0.1) is 11.3 Å². The molecule has 0 spiro atoms. The van der Waals surface area contributed by atoms with Gasteiger partial charge in [-0.2, -0.15) is 5.26 Å². The third kappa shape index (κ3) is 4.15. The zero-order valence-electron chi connectivity index (χ0n) is 15.1. The molecular weight excluding hydrogens is 386 g/mol. The van der Waals surface area contributed by atoms with Crippen molar-refractivity contribution in [3.63, 3.8) is 0 Å². The van der Waals surface area contributed by atoms with Crippen LogP contribution in [-0.2, 0) is 11.3 Å². The molecule has 142 valence electrons. The van der Waals surface area contributed by atoms with Gasteiger partial charge in [-0.25, -0.2) is 0 Å². The summed E-state index contributed by atoms with van der Waals surface area (Å²) in [5.41, 5.74) is 1.63. The van der Waals surface area contributed by atoms with Crippen LogP contribution in [0.2, 0.25) is 0 Å². The number of carbonyl (C=O) groups excluding carboxylic acids is 1. The van der Waals surface area contributed by atoms with Gasteiger partial charge in [-0.05, 0) is 30.3 Å². The zero-order valence-corrected chi connectivity index (χ0v) is 16.0. The number of nitrogens with one attached hydrogen (secondary N) is 1. The maximum absolute atomic E-state index is 12.4. The zero-order chi connectivity index (χ0) is 20.1. The maximum Gasteiger partial charge on any atom is 0.262 e. The summed E-state index contributed by atoms with van der Waals surface area (Å²) >= 11 is 1.43. The number of carbonyl (C=O) groups is 1. The number of furan rings is 1. The van der Waals surface area contributed by atoms with Crippen molar-refractivity contribution in [3.8, 4) is 21.8 Å². The van der Waals surface area contributed by atoms with Gasteiger partial charge in [0.25, 0.3) is 5.91 Å². The molecule has 0 saturated carbocycles. The van der Waals surface area contributed by atoms with E-state index in [9.17, 15) is 10.1 Å². The SMILES string of the molecule is N#C/C(=C\c1cccn1-c1nnc(-c2ccccc2)s1)C(=O)NCc1ccco1. The van der Waals surface area contributed by atoms with E-state index >= 15 is 0 Å². The van der Waals surface area contributed by atoms with Crippen LogP contribution in [0.4, 0.5) is 0 Å². The van der Waals surface area contributed by atoms with Crippen molar-refractivity contribution in [3.05, 3.63) is 84.1 Å². The first kappa shape index (κ1) is 18.4. The Labute approximate surface area is 170 Å². The molecule has 1 amide bonds. The average molecular weight is 401 g/mol. The molecule has 3 heterocycles. The molecule has 7 nitrogen and oxygen atoms in total. The number of nitrogens with zero attached hydrogens (tertiary/aromatic N) is 4. The number of aromatic nitrogens is 3. The topological polar surface area (TPSA) is 96.7 Å². The van der Waals surface area contributed by atoms with Gasteiger partial charge < -0.3 is 9.73 Å². The van der Waals surface area contributed by atoms with E-state index in [-0.39, 0.29) is 12.1 Å². The molecule has 4 rings (SSSR count). The van der Waals surface area contributed by atoms with Crippen LogP contribution in [0.25, 0.3) is 21.8 Å². The smallest absolute Gasteiger partial charge is 0.262 e. The molecule has 0 bridgehead atoms. The van der Waals surface area contributed by atoms with E-state index in [1.54, 1.807) is 22.8 Å². The highest BCUT2D eigenvalue weighted by Crippen LogP contribution is 2.26. The van der Waals surface area contributed by atoms with Gasteiger partial charge in [0.2, 0.25) is 5.13 Å². The lowest BCUT2D eigenvalue weighted by molar-refractivity contribution is -0.117. The van der Waals surface area contributed by atoms with Gasteiger partial charge in [-0.3, -0.25) is 9.36 Å². The van der Waals surface area contributed by atoms with Crippen molar-refractivity contribution in [1.29, 1.82) is 5.26 Å². The van der Waals surface area contributed by atoms with Crippen molar-refractivity contribution >= 4 is 23.3 Å². The molecule has 0 unspecified atom stereocenters. The number of benzene rings is 1. The predicted octanol–water partition coefficient (Wildman–Crippen LogP) is 3.81. The van der Waals surface area contributed by atoms with Crippen LogP contribution < -0.4 is 5.32 Å². The van der Waals surface area contributed by atoms with Gasteiger partial charge in [0.05, 0.1) is 12.8 Å². The quantitative estimate of drug-likeness (QED) is 0.391. The van der Waals surface area contributed by atoms with Crippen molar-refractivity contribution in [1.82, 2.24) is 20.1 Å². The van der Waals surface area contributed by atoms with Crippen LogP contribution in [0.5, 0.6) is 0 Å². The molecule has 29 heavy (non-hydrogen) atoms. The first-order valence-electron chi connectivity index (χ1n) is 8.73. The molecule has 0 atom stereocenters. The summed E-state index contributed by atoms with van der Waals surface area (Å²) in [6.45, 7) is 0.211. The molecular formula is C21H15N5O2S. The average Bonchev–Trinajstić information content (AvgIpc) is 3.52. The second kappa shape index (κ2) is 8.37. The van der Waals surface area contributed by atoms with Crippen LogP contribution in [0.3, 0.4) is 0 Å². The summed E-state index contributed by atoms with van der Waals surface area (Å²) in [5, 5.41) is 22.0. The lowest BCUT2D eigenvalue weighted by Gasteiger charge is -2.04. The minimum absolute atomic E-state index is 0.00990. The second-order valence-corrected chi connectivity index (χ2v) is 6.95. The van der Waals surface area contributed by atoms with Crippen molar-refractivity contribution in [2.75, 3.05) is 0 Å². The molecule has 8 heteroatoms. The van der Waals surface area contributed by atoms with Gasteiger partial charge >= 0.3 is 0 Å². The molecule has 0 aliphatic heterocycles. The molecule has 1 aromatic carbocycles. The molecule has 1 N–H and O–H groups in total. The van der Waals surface area contributed by atoms with E-state index in [4.69, 9.17) is 4.42 Å². The summed E-state index contributed by atoms with van der Waals surface area (Å²) in [5.74, 6) is 0.139. The summed E-state index contributed by atoms with van der Waals surface area (Å²) in [6.07, 6.45) is 4.87. The summed E-state index contributed by atoms with van der Waals surface area (Å²) in [7, 11) is 0. The molecule has 4 aromatic rings. The highest BCUT2D eigenvalue weighted by molar-refractivity contribution is 7.17. The number of nitriles is 1. The molecule has 0 aliphatic rings. The lowest BCUT2D eigenvalue weighted by atomic mass is 10.2. The lowest BCUT2D eigenvalue weighted by Crippen LogP contribution is -2.23. The number of hydrogen-bond donors (Lipinski definition) is 1. The van der Waals surface area contributed by atoms with E-state index in [2.05, 4.69) is 15.5 Å². The number of hydrogen-bond acceptors (Lipinski definition) is 6. The Morgan fingerprint density at radius 3 is 2.79 bits per heavy atom.